The van der Waals surface area contributed by atoms with Crippen molar-refractivity contribution < 1.29 is 4.79 Å². The van der Waals surface area contributed by atoms with Crippen LogP contribution in [0.15, 0.2) is 48.5 Å². The van der Waals surface area contributed by atoms with E-state index in [1.807, 2.05) is 38.4 Å². The first-order valence-corrected chi connectivity index (χ1v) is 9.61. The highest BCUT2D eigenvalue weighted by molar-refractivity contribution is 5.89. The van der Waals surface area contributed by atoms with Crippen LogP contribution < -0.4 is 10.6 Å². The van der Waals surface area contributed by atoms with Crippen LogP contribution in [-0.4, -0.2) is 51.8 Å². The predicted molar refractivity (Wildman–Crippen MR) is 114 cm³/mol. The third kappa shape index (κ3) is 5.17. The van der Waals surface area contributed by atoms with Crippen LogP contribution in [-0.2, 0) is 13.5 Å². The van der Waals surface area contributed by atoms with E-state index in [9.17, 15) is 4.79 Å². The molecule has 3 rings (SSSR count). The van der Waals surface area contributed by atoms with Crippen LogP contribution in [0.4, 0.5) is 10.5 Å². The molecule has 8 heteroatoms. The van der Waals surface area contributed by atoms with E-state index >= 15 is 0 Å². The maximum Gasteiger partial charge on any atom is 0.319 e. The average molecular weight is 393 g/mol. The van der Waals surface area contributed by atoms with Gasteiger partial charge in [0.2, 0.25) is 0 Å². The molecule has 0 saturated heterocycles. The van der Waals surface area contributed by atoms with Gasteiger partial charge in [0.05, 0.1) is 6.04 Å². The van der Waals surface area contributed by atoms with Crippen LogP contribution in [0.1, 0.15) is 24.1 Å². The summed E-state index contributed by atoms with van der Waals surface area (Å²) in [6, 6.07) is 15.8. The second-order valence-corrected chi connectivity index (χ2v) is 7.12. The lowest BCUT2D eigenvalue weighted by Gasteiger charge is -2.25. The minimum atomic E-state index is -0.254. The van der Waals surface area contributed by atoms with E-state index in [0.717, 1.165) is 12.0 Å². The van der Waals surface area contributed by atoms with Gasteiger partial charge in [-0.1, -0.05) is 43.3 Å². The van der Waals surface area contributed by atoms with Crippen LogP contribution in [0.5, 0.6) is 0 Å². The van der Waals surface area contributed by atoms with Gasteiger partial charge in [0.1, 0.15) is 0 Å². The van der Waals surface area contributed by atoms with Gasteiger partial charge >= 0.3 is 6.03 Å². The molecule has 0 bridgehead atoms. The monoisotopic (exact) mass is 393 g/mol. The molecular formula is C21H27N7O. The zero-order valence-corrected chi connectivity index (χ0v) is 17.3. The van der Waals surface area contributed by atoms with Crippen LogP contribution in [0, 0.1) is 0 Å². The van der Waals surface area contributed by atoms with Crippen molar-refractivity contribution in [2.45, 2.75) is 19.4 Å². The van der Waals surface area contributed by atoms with Crippen molar-refractivity contribution in [1.82, 2.24) is 30.4 Å². The Kier molecular flexibility index (Phi) is 6.56. The summed E-state index contributed by atoms with van der Waals surface area (Å²) >= 11 is 0. The molecule has 0 saturated carbocycles. The van der Waals surface area contributed by atoms with E-state index in [0.29, 0.717) is 18.1 Å². The fraction of sp³-hybridized carbons (Fsp3) is 0.333. The van der Waals surface area contributed by atoms with E-state index in [-0.39, 0.29) is 12.1 Å². The van der Waals surface area contributed by atoms with Gasteiger partial charge in [-0.15, -0.1) is 5.10 Å². The van der Waals surface area contributed by atoms with Gasteiger partial charge in [-0.3, -0.25) is 0 Å². The molecule has 1 atom stereocenters. The molecule has 0 aliphatic rings. The summed E-state index contributed by atoms with van der Waals surface area (Å²) in [4.78, 5) is 14.5. The number of likely N-dealkylation sites (N-methyl/N-ethyl adjacent to an activating group) is 1. The lowest BCUT2D eigenvalue weighted by Crippen LogP contribution is -2.36. The van der Waals surface area contributed by atoms with E-state index < -0.39 is 0 Å². The number of aromatic nitrogens is 4. The maximum atomic E-state index is 12.4. The Balaban J connectivity index is 1.63. The molecule has 8 nitrogen and oxygen atoms in total. The normalized spacial score (nSPS) is 12.0. The number of aryl methyl sites for hydroxylation is 2. The number of hydrogen-bond acceptors (Lipinski definition) is 5. The lowest BCUT2D eigenvalue weighted by atomic mass is 10.0. The van der Waals surface area contributed by atoms with Crippen molar-refractivity contribution in [2.75, 3.05) is 26.0 Å². The third-order valence-electron chi connectivity index (χ3n) is 4.85. The van der Waals surface area contributed by atoms with Gasteiger partial charge < -0.3 is 15.5 Å². The summed E-state index contributed by atoms with van der Waals surface area (Å²) < 4.78 is 1.59. The quantitative estimate of drug-likeness (QED) is 0.644. The minimum absolute atomic E-state index is 0.0858. The summed E-state index contributed by atoms with van der Waals surface area (Å²) in [5, 5.41) is 17.3. The fourth-order valence-electron chi connectivity index (χ4n) is 3.15. The van der Waals surface area contributed by atoms with E-state index in [1.165, 1.54) is 11.1 Å². The number of rotatable bonds is 7. The number of amides is 2. The predicted octanol–water partition coefficient (Wildman–Crippen LogP) is 2.86. The number of benzene rings is 2. The Hall–Kier alpha value is -3.26. The number of urea groups is 1. The van der Waals surface area contributed by atoms with Crippen LogP contribution in [0.2, 0.25) is 0 Å². The van der Waals surface area contributed by atoms with Gasteiger partial charge in [0, 0.05) is 24.8 Å². The first-order valence-electron chi connectivity index (χ1n) is 9.61. The number of hydrogen-bond donors (Lipinski definition) is 2. The van der Waals surface area contributed by atoms with Crippen LogP contribution in [0.25, 0.3) is 11.4 Å². The molecule has 0 radical (unpaired) electrons. The van der Waals surface area contributed by atoms with E-state index in [2.05, 4.69) is 62.2 Å². The zero-order chi connectivity index (χ0) is 20.8. The van der Waals surface area contributed by atoms with Gasteiger partial charge in [-0.05, 0) is 54.2 Å². The zero-order valence-electron chi connectivity index (χ0n) is 17.3. The molecule has 1 heterocycles. The molecule has 2 amide bonds. The molecule has 1 unspecified atom stereocenters. The number of carbonyl (C=O) groups is 1. The number of carbonyl (C=O) groups excluding carboxylic acids is 1. The second-order valence-electron chi connectivity index (χ2n) is 7.12. The standard InChI is InChI=1S/C21H27N7O/c1-5-15-9-11-16(12-10-15)19(27(2)3)14-22-21(29)23-18-8-6-7-17(13-18)20-24-25-26-28(20)4/h6-13,19H,5,14H2,1-4H3,(H2,22,23,29). The average Bonchev–Trinajstić information content (AvgIpc) is 3.14. The molecule has 0 aliphatic carbocycles. The summed E-state index contributed by atoms with van der Waals surface area (Å²) in [7, 11) is 5.79. The molecule has 0 aliphatic heterocycles. The van der Waals surface area contributed by atoms with E-state index in [1.54, 1.807) is 11.7 Å². The Labute approximate surface area is 170 Å². The number of anilines is 1. The van der Waals surface area contributed by atoms with E-state index in [4.69, 9.17) is 0 Å². The van der Waals surface area contributed by atoms with Crippen molar-refractivity contribution in [2.24, 2.45) is 7.05 Å². The highest BCUT2D eigenvalue weighted by Gasteiger charge is 2.15. The van der Waals surface area contributed by atoms with Crippen LogP contribution >= 0.6 is 0 Å². The Morgan fingerprint density at radius 2 is 1.93 bits per heavy atom. The summed E-state index contributed by atoms with van der Waals surface area (Å²) in [5.74, 6) is 0.636. The summed E-state index contributed by atoms with van der Waals surface area (Å²) in [6.07, 6.45) is 1.01. The molecule has 2 N–H and O–H groups in total. The fourth-order valence-corrected chi connectivity index (χ4v) is 3.15. The van der Waals surface area contributed by atoms with Gasteiger partial charge in [0.15, 0.2) is 5.82 Å². The Bertz CT molecular complexity index is 950. The molecule has 3 aromatic rings. The maximum absolute atomic E-state index is 12.4. The first kappa shape index (κ1) is 20.5. The first-order chi connectivity index (χ1) is 14.0. The lowest BCUT2D eigenvalue weighted by molar-refractivity contribution is 0.243. The Morgan fingerprint density at radius 1 is 1.17 bits per heavy atom. The number of nitrogens with one attached hydrogen (secondary N) is 2. The van der Waals surface area contributed by atoms with Crippen LogP contribution in [0.3, 0.4) is 0 Å². The largest absolute Gasteiger partial charge is 0.336 e. The summed E-state index contributed by atoms with van der Waals surface area (Å²) in [5.41, 5.74) is 3.98. The molecule has 29 heavy (non-hydrogen) atoms. The molecule has 2 aromatic carbocycles. The molecule has 1 aromatic heterocycles. The number of nitrogens with zero attached hydrogens (tertiary/aromatic N) is 5. The topological polar surface area (TPSA) is 88.0 Å². The van der Waals surface area contributed by atoms with Crippen molar-refractivity contribution >= 4 is 11.7 Å². The molecule has 152 valence electrons. The number of tetrazole rings is 1. The molecule has 0 spiro atoms. The summed E-state index contributed by atoms with van der Waals surface area (Å²) in [6.45, 7) is 2.64. The van der Waals surface area contributed by atoms with Crippen molar-refractivity contribution in [3.63, 3.8) is 0 Å². The Morgan fingerprint density at radius 3 is 2.55 bits per heavy atom. The van der Waals surface area contributed by atoms with Crippen molar-refractivity contribution in [1.29, 1.82) is 0 Å². The third-order valence-corrected chi connectivity index (χ3v) is 4.85. The van der Waals surface area contributed by atoms with Crippen molar-refractivity contribution in [3.05, 3.63) is 59.7 Å². The second kappa shape index (κ2) is 9.29. The molecule has 0 fully saturated rings. The van der Waals surface area contributed by atoms with Crippen molar-refractivity contribution in [3.8, 4) is 11.4 Å². The van der Waals surface area contributed by atoms with Gasteiger partial charge in [0.25, 0.3) is 0 Å². The smallest absolute Gasteiger partial charge is 0.319 e. The molecular weight excluding hydrogens is 366 g/mol. The highest BCUT2D eigenvalue weighted by atomic mass is 16.2. The SMILES string of the molecule is CCc1ccc(C(CNC(=O)Nc2cccc(-c3nnnn3C)c2)N(C)C)cc1. The van der Waals surface area contributed by atoms with Gasteiger partial charge in [-0.25, -0.2) is 9.48 Å². The van der Waals surface area contributed by atoms with Gasteiger partial charge in [-0.2, -0.15) is 0 Å². The highest BCUT2D eigenvalue weighted by Crippen LogP contribution is 2.20. The minimum Gasteiger partial charge on any atom is -0.336 e.